The van der Waals surface area contributed by atoms with E-state index in [4.69, 9.17) is 9.47 Å². The number of hydrogen-bond acceptors (Lipinski definition) is 5. The summed E-state index contributed by atoms with van der Waals surface area (Å²) in [5.74, 6) is -0.854. The first-order valence-corrected chi connectivity index (χ1v) is 6.21. The van der Waals surface area contributed by atoms with Crippen LogP contribution in [0.15, 0.2) is 24.5 Å². The predicted molar refractivity (Wildman–Crippen MR) is 66.5 cm³/mol. The second-order valence-electron chi connectivity index (χ2n) is 4.25. The molecule has 1 aliphatic rings. The summed E-state index contributed by atoms with van der Waals surface area (Å²) in [6.07, 6.45) is 5.05. The fraction of sp³-hybridized carbons (Fsp3) is 0.462. The van der Waals surface area contributed by atoms with Crippen LogP contribution in [0, 0.1) is 0 Å². The molecule has 1 aromatic rings. The summed E-state index contributed by atoms with van der Waals surface area (Å²) in [5, 5.41) is 2.68. The molecule has 0 saturated carbocycles. The lowest BCUT2D eigenvalue weighted by Gasteiger charge is -2.10. The first-order chi connectivity index (χ1) is 9.25. The lowest BCUT2D eigenvalue weighted by molar-refractivity contribution is -0.124. The van der Waals surface area contributed by atoms with E-state index in [0.29, 0.717) is 12.1 Å². The van der Waals surface area contributed by atoms with Gasteiger partial charge in [0, 0.05) is 25.5 Å². The summed E-state index contributed by atoms with van der Waals surface area (Å²) in [7, 11) is 0. The zero-order chi connectivity index (χ0) is 13.5. The monoisotopic (exact) mass is 264 g/mol. The molecular weight excluding hydrogens is 248 g/mol. The van der Waals surface area contributed by atoms with Crippen LogP contribution in [0.25, 0.3) is 0 Å². The third-order valence-electron chi connectivity index (χ3n) is 2.80. The number of amides is 1. The maximum Gasteiger partial charge on any atom is 0.338 e. The normalized spacial score (nSPS) is 18.0. The van der Waals surface area contributed by atoms with Crippen molar-refractivity contribution in [1.82, 2.24) is 10.3 Å². The van der Waals surface area contributed by atoms with E-state index in [2.05, 4.69) is 10.3 Å². The van der Waals surface area contributed by atoms with E-state index < -0.39 is 5.97 Å². The summed E-state index contributed by atoms with van der Waals surface area (Å²) in [5.41, 5.74) is 0.377. The summed E-state index contributed by atoms with van der Waals surface area (Å²) in [4.78, 5) is 26.8. The number of hydrogen-bond donors (Lipinski definition) is 1. The number of pyridine rings is 1. The molecule has 1 N–H and O–H groups in total. The lowest BCUT2D eigenvalue weighted by atomic mass is 10.2. The van der Waals surface area contributed by atoms with Crippen LogP contribution in [-0.4, -0.2) is 42.7 Å². The van der Waals surface area contributed by atoms with Crippen LogP contribution in [0.1, 0.15) is 23.2 Å². The van der Waals surface area contributed by atoms with Crippen LogP contribution < -0.4 is 5.32 Å². The van der Waals surface area contributed by atoms with Crippen molar-refractivity contribution >= 4 is 11.9 Å². The van der Waals surface area contributed by atoms with E-state index in [-0.39, 0.29) is 18.6 Å². The van der Waals surface area contributed by atoms with Crippen LogP contribution >= 0.6 is 0 Å². The molecule has 0 spiro atoms. The molecule has 0 radical (unpaired) electrons. The first-order valence-electron chi connectivity index (χ1n) is 6.21. The van der Waals surface area contributed by atoms with Crippen LogP contribution in [0.3, 0.4) is 0 Å². The maximum atomic E-state index is 11.6. The Kier molecular flexibility index (Phi) is 4.85. The minimum Gasteiger partial charge on any atom is -0.452 e. The molecule has 0 unspecified atom stereocenters. The smallest absolute Gasteiger partial charge is 0.338 e. The van der Waals surface area contributed by atoms with Gasteiger partial charge in [0.25, 0.3) is 5.91 Å². The summed E-state index contributed by atoms with van der Waals surface area (Å²) in [6, 6.07) is 3.07. The molecular formula is C13H16N2O4. The van der Waals surface area contributed by atoms with E-state index >= 15 is 0 Å². The minimum absolute atomic E-state index is 0.0832. The van der Waals surface area contributed by atoms with Crippen molar-refractivity contribution < 1.29 is 19.1 Å². The van der Waals surface area contributed by atoms with Crippen LogP contribution in [0.4, 0.5) is 0 Å². The third-order valence-corrected chi connectivity index (χ3v) is 2.80. The molecule has 6 heteroatoms. The Morgan fingerprint density at radius 3 is 2.89 bits per heavy atom. The van der Waals surface area contributed by atoms with Crippen LogP contribution in [-0.2, 0) is 14.3 Å². The zero-order valence-electron chi connectivity index (χ0n) is 10.5. The molecule has 6 nitrogen and oxygen atoms in total. The molecule has 1 saturated heterocycles. The van der Waals surface area contributed by atoms with Crippen LogP contribution in [0.2, 0.25) is 0 Å². The van der Waals surface area contributed by atoms with E-state index in [0.717, 1.165) is 19.4 Å². The molecule has 1 aliphatic heterocycles. The number of esters is 1. The van der Waals surface area contributed by atoms with Gasteiger partial charge in [-0.3, -0.25) is 9.78 Å². The van der Waals surface area contributed by atoms with Gasteiger partial charge in [-0.1, -0.05) is 0 Å². The molecule has 1 fully saturated rings. The van der Waals surface area contributed by atoms with Gasteiger partial charge in [-0.15, -0.1) is 0 Å². The molecule has 1 amide bonds. The molecule has 102 valence electrons. The number of carbonyl (C=O) groups excluding carboxylic acids is 2. The summed E-state index contributed by atoms with van der Waals surface area (Å²) < 4.78 is 10.3. The minimum atomic E-state index is -0.533. The predicted octanol–water partition coefficient (Wildman–Crippen LogP) is 0.534. The fourth-order valence-corrected chi connectivity index (χ4v) is 1.79. The largest absolute Gasteiger partial charge is 0.452 e. The first kappa shape index (κ1) is 13.5. The van der Waals surface area contributed by atoms with Crippen molar-refractivity contribution in [3.05, 3.63) is 30.1 Å². The van der Waals surface area contributed by atoms with Crippen LogP contribution in [0.5, 0.6) is 0 Å². The summed E-state index contributed by atoms with van der Waals surface area (Å²) in [6.45, 7) is 0.928. The summed E-state index contributed by atoms with van der Waals surface area (Å²) >= 11 is 0. The number of nitrogens with zero attached hydrogens (tertiary/aromatic N) is 1. The molecule has 2 rings (SSSR count). The fourth-order valence-electron chi connectivity index (χ4n) is 1.79. The Hall–Kier alpha value is -1.95. The second-order valence-corrected chi connectivity index (χ2v) is 4.25. The SMILES string of the molecule is O=C(COC(=O)c1ccncc1)NC[C@H]1CCCO1. The molecule has 1 atom stereocenters. The van der Waals surface area contributed by atoms with E-state index in [9.17, 15) is 9.59 Å². The Labute approximate surface area is 111 Å². The van der Waals surface area contributed by atoms with E-state index in [1.54, 1.807) is 0 Å². The number of nitrogens with one attached hydrogen (secondary N) is 1. The van der Waals surface area contributed by atoms with Gasteiger partial charge in [0.15, 0.2) is 6.61 Å². The topological polar surface area (TPSA) is 77.5 Å². The third kappa shape index (κ3) is 4.33. The second kappa shape index (κ2) is 6.84. The van der Waals surface area contributed by atoms with Crippen molar-refractivity contribution in [3.63, 3.8) is 0 Å². The van der Waals surface area contributed by atoms with Crippen molar-refractivity contribution in [2.75, 3.05) is 19.8 Å². The number of ether oxygens (including phenoxy) is 2. The number of aromatic nitrogens is 1. The Bertz CT molecular complexity index is 430. The Morgan fingerprint density at radius 1 is 1.42 bits per heavy atom. The molecule has 0 aliphatic carbocycles. The molecule has 19 heavy (non-hydrogen) atoms. The number of carbonyl (C=O) groups is 2. The Balaban J connectivity index is 1.67. The molecule has 0 aromatic carbocycles. The van der Waals surface area contributed by atoms with Gasteiger partial charge in [0.2, 0.25) is 0 Å². The van der Waals surface area contributed by atoms with Crippen molar-refractivity contribution in [3.8, 4) is 0 Å². The molecule has 1 aromatic heterocycles. The van der Waals surface area contributed by atoms with Crippen molar-refractivity contribution in [2.24, 2.45) is 0 Å². The quantitative estimate of drug-likeness (QED) is 0.785. The highest BCUT2D eigenvalue weighted by atomic mass is 16.5. The number of rotatable bonds is 5. The average molecular weight is 264 g/mol. The highest BCUT2D eigenvalue weighted by Gasteiger charge is 2.16. The van der Waals surface area contributed by atoms with Gasteiger partial charge in [-0.05, 0) is 25.0 Å². The standard InChI is InChI=1S/C13H16N2O4/c16-12(15-8-11-2-1-7-18-11)9-19-13(17)10-3-5-14-6-4-10/h3-6,11H,1-2,7-9H2,(H,15,16)/t11-/m1/s1. The van der Waals surface area contributed by atoms with Crippen molar-refractivity contribution in [1.29, 1.82) is 0 Å². The van der Waals surface area contributed by atoms with E-state index in [1.165, 1.54) is 24.5 Å². The van der Waals surface area contributed by atoms with E-state index in [1.807, 2.05) is 0 Å². The lowest BCUT2D eigenvalue weighted by Crippen LogP contribution is -2.34. The molecule has 0 bridgehead atoms. The van der Waals surface area contributed by atoms with Gasteiger partial charge in [-0.2, -0.15) is 0 Å². The Morgan fingerprint density at radius 2 is 2.21 bits per heavy atom. The van der Waals surface area contributed by atoms with Gasteiger partial charge in [0.1, 0.15) is 0 Å². The van der Waals surface area contributed by atoms with Gasteiger partial charge < -0.3 is 14.8 Å². The maximum absolute atomic E-state index is 11.6. The highest BCUT2D eigenvalue weighted by Crippen LogP contribution is 2.10. The average Bonchev–Trinajstić information content (AvgIpc) is 2.96. The van der Waals surface area contributed by atoms with Gasteiger partial charge in [-0.25, -0.2) is 4.79 Å². The van der Waals surface area contributed by atoms with Gasteiger partial charge in [0.05, 0.1) is 11.7 Å². The zero-order valence-corrected chi connectivity index (χ0v) is 10.5. The highest BCUT2D eigenvalue weighted by molar-refractivity contribution is 5.91. The van der Waals surface area contributed by atoms with Gasteiger partial charge >= 0.3 is 5.97 Å². The van der Waals surface area contributed by atoms with Crippen molar-refractivity contribution in [2.45, 2.75) is 18.9 Å². The molecule has 2 heterocycles.